The van der Waals surface area contributed by atoms with Crippen LogP contribution < -0.4 is 10.1 Å². The van der Waals surface area contributed by atoms with E-state index in [1.807, 2.05) is 6.07 Å². The summed E-state index contributed by atoms with van der Waals surface area (Å²) in [5.74, 6) is -0.0975. The molecule has 0 aromatic heterocycles. The Morgan fingerprint density at radius 2 is 2.15 bits per heavy atom. The molecule has 1 aromatic carbocycles. The van der Waals surface area contributed by atoms with Crippen LogP contribution in [0.15, 0.2) is 18.2 Å². The van der Waals surface area contributed by atoms with E-state index in [0.717, 1.165) is 18.4 Å². The maximum absolute atomic E-state index is 13.6. The van der Waals surface area contributed by atoms with E-state index in [9.17, 15) is 9.50 Å². The third-order valence-electron chi connectivity index (χ3n) is 3.93. The van der Waals surface area contributed by atoms with E-state index in [0.29, 0.717) is 26.3 Å². The van der Waals surface area contributed by atoms with Crippen molar-refractivity contribution in [3.63, 3.8) is 0 Å². The Hall–Kier alpha value is -1.17. The minimum atomic E-state index is -0.352. The van der Waals surface area contributed by atoms with Crippen molar-refractivity contribution in [1.82, 2.24) is 5.32 Å². The van der Waals surface area contributed by atoms with Gasteiger partial charge in [0.25, 0.3) is 0 Å². The molecule has 2 N–H and O–H groups in total. The van der Waals surface area contributed by atoms with Crippen LogP contribution in [-0.4, -0.2) is 38.6 Å². The molecular formula is C15H22FNO3. The summed E-state index contributed by atoms with van der Waals surface area (Å²) in [4.78, 5) is 0. The molecule has 0 unspecified atom stereocenters. The summed E-state index contributed by atoms with van der Waals surface area (Å²) in [7, 11) is 1.45. The van der Waals surface area contributed by atoms with Gasteiger partial charge in [-0.25, -0.2) is 4.39 Å². The van der Waals surface area contributed by atoms with Crippen molar-refractivity contribution in [2.75, 3.05) is 33.5 Å². The standard InChI is InChI=1S/C15H22FNO3/c1-19-14-3-2-12(8-13(14)16)9-17-10-15(11-18)4-6-20-7-5-15/h2-3,8,17-18H,4-7,9-11H2,1H3. The number of benzene rings is 1. The fourth-order valence-electron chi connectivity index (χ4n) is 2.49. The number of hydrogen-bond acceptors (Lipinski definition) is 4. The molecule has 0 spiro atoms. The lowest BCUT2D eigenvalue weighted by Gasteiger charge is -2.35. The summed E-state index contributed by atoms with van der Waals surface area (Å²) in [6.45, 7) is 2.82. The molecule has 2 rings (SSSR count). The Bertz CT molecular complexity index is 433. The molecule has 0 saturated carbocycles. The molecule has 1 fully saturated rings. The first-order chi connectivity index (χ1) is 9.69. The molecule has 1 aromatic rings. The monoisotopic (exact) mass is 283 g/mol. The first kappa shape index (κ1) is 15.2. The van der Waals surface area contributed by atoms with Crippen molar-refractivity contribution >= 4 is 0 Å². The van der Waals surface area contributed by atoms with Crippen molar-refractivity contribution in [2.45, 2.75) is 19.4 Å². The zero-order valence-electron chi connectivity index (χ0n) is 11.8. The summed E-state index contributed by atoms with van der Waals surface area (Å²) < 4.78 is 23.8. The molecule has 0 aliphatic carbocycles. The van der Waals surface area contributed by atoms with Crippen molar-refractivity contribution < 1.29 is 19.0 Å². The smallest absolute Gasteiger partial charge is 0.165 e. The largest absolute Gasteiger partial charge is 0.494 e. The van der Waals surface area contributed by atoms with E-state index in [4.69, 9.17) is 9.47 Å². The Morgan fingerprint density at radius 3 is 2.75 bits per heavy atom. The molecule has 0 atom stereocenters. The average molecular weight is 283 g/mol. The van der Waals surface area contributed by atoms with Gasteiger partial charge in [-0.2, -0.15) is 0 Å². The second-order valence-corrected chi connectivity index (χ2v) is 5.34. The van der Waals surface area contributed by atoms with Crippen LogP contribution in [0.25, 0.3) is 0 Å². The minimum absolute atomic E-state index is 0.108. The number of ether oxygens (including phenoxy) is 2. The highest BCUT2D eigenvalue weighted by atomic mass is 19.1. The average Bonchev–Trinajstić information content (AvgIpc) is 2.48. The van der Waals surface area contributed by atoms with Gasteiger partial charge in [0.15, 0.2) is 11.6 Å². The molecule has 0 radical (unpaired) electrons. The molecule has 20 heavy (non-hydrogen) atoms. The SMILES string of the molecule is COc1ccc(CNCC2(CO)CCOCC2)cc1F. The number of hydrogen-bond donors (Lipinski definition) is 2. The summed E-state index contributed by atoms with van der Waals surface area (Å²) in [5, 5.41) is 12.9. The lowest BCUT2D eigenvalue weighted by molar-refractivity contribution is -0.0154. The summed E-state index contributed by atoms with van der Waals surface area (Å²) >= 11 is 0. The normalized spacial score (nSPS) is 17.9. The zero-order chi connectivity index (χ0) is 14.4. The van der Waals surface area contributed by atoms with Gasteiger partial charge in [-0.05, 0) is 30.5 Å². The van der Waals surface area contributed by atoms with E-state index >= 15 is 0 Å². The lowest BCUT2D eigenvalue weighted by atomic mass is 9.81. The highest BCUT2D eigenvalue weighted by molar-refractivity contribution is 5.29. The van der Waals surface area contributed by atoms with Gasteiger partial charge in [0.05, 0.1) is 13.7 Å². The van der Waals surface area contributed by atoms with Gasteiger partial charge >= 0.3 is 0 Å². The van der Waals surface area contributed by atoms with Gasteiger partial charge in [-0.15, -0.1) is 0 Å². The number of methoxy groups -OCH3 is 1. The van der Waals surface area contributed by atoms with E-state index in [1.54, 1.807) is 6.07 Å². The molecule has 0 bridgehead atoms. The predicted molar refractivity (Wildman–Crippen MR) is 74.2 cm³/mol. The Labute approximate surface area is 118 Å². The van der Waals surface area contributed by atoms with Crippen LogP contribution in [-0.2, 0) is 11.3 Å². The number of nitrogens with one attached hydrogen (secondary N) is 1. The van der Waals surface area contributed by atoms with Crippen molar-refractivity contribution in [3.8, 4) is 5.75 Å². The van der Waals surface area contributed by atoms with Gasteiger partial charge in [0, 0.05) is 31.7 Å². The fourth-order valence-corrected chi connectivity index (χ4v) is 2.49. The second-order valence-electron chi connectivity index (χ2n) is 5.34. The quantitative estimate of drug-likeness (QED) is 0.834. The molecule has 0 amide bonds. The van der Waals surface area contributed by atoms with Crippen LogP contribution >= 0.6 is 0 Å². The van der Waals surface area contributed by atoms with Crippen LogP contribution in [0.4, 0.5) is 4.39 Å². The second kappa shape index (κ2) is 7.02. The van der Waals surface area contributed by atoms with Crippen molar-refractivity contribution in [2.24, 2.45) is 5.41 Å². The Kier molecular flexibility index (Phi) is 5.34. The lowest BCUT2D eigenvalue weighted by Crippen LogP contribution is -2.41. The highest BCUT2D eigenvalue weighted by Gasteiger charge is 2.31. The van der Waals surface area contributed by atoms with E-state index < -0.39 is 0 Å². The third kappa shape index (κ3) is 3.69. The third-order valence-corrected chi connectivity index (χ3v) is 3.93. The minimum Gasteiger partial charge on any atom is -0.494 e. The van der Waals surface area contributed by atoms with E-state index in [-0.39, 0.29) is 23.6 Å². The van der Waals surface area contributed by atoms with Crippen molar-refractivity contribution in [1.29, 1.82) is 0 Å². The van der Waals surface area contributed by atoms with Gasteiger partial charge < -0.3 is 19.9 Å². The molecule has 112 valence electrons. The fraction of sp³-hybridized carbons (Fsp3) is 0.600. The molecule has 1 heterocycles. The maximum Gasteiger partial charge on any atom is 0.165 e. The summed E-state index contributed by atoms with van der Waals surface area (Å²) in [6.07, 6.45) is 1.71. The molecule has 4 nitrogen and oxygen atoms in total. The molecule has 1 aliphatic heterocycles. The number of rotatable bonds is 6. The highest BCUT2D eigenvalue weighted by Crippen LogP contribution is 2.29. The molecule has 1 aliphatic rings. The van der Waals surface area contributed by atoms with Gasteiger partial charge in [-0.3, -0.25) is 0 Å². The van der Waals surface area contributed by atoms with Crippen LogP contribution in [0.2, 0.25) is 0 Å². The van der Waals surface area contributed by atoms with Crippen LogP contribution in [0.1, 0.15) is 18.4 Å². The summed E-state index contributed by atoms with van der Waals surface area (Å²) in [5.41, 5.74) is 0.756. The van der Waals surface area contributed by atoms with Crippen LogP contribution in [0, 0.1) is 11.2 Å². The van der Waals surface area contributed by atoms with Gasteiger partial charge in [-0.1, -0.05) is 6.07 Å². The first-order valence-electron chi connectivity index (χ1n) is 6.91. The van der Waals surface area contributed by atoms with Crippen molar-refractivity contribution in [3.05, 3.63) is 29.6 Å². The molecule has 1 saturated heterocycles. The van der Waals surface area contributed by atoms with Crippen LogP contribution in [0.5, 0.6) is 5.75 Å². The van der Waals surface area contributed by atoms with E-state index in [1.165, 1.54) is 13.2 Å². The maximum atomic E-state index is 13.6. The molecular weight excluding hydrogens is 261 g/mol. The number of aliphatic hydroxyl groups excluding tert-OH is 1. The predicted octanol–water partition coefficient (Wildman–Crippen LogP) is 1.71. The summed E-state index contributed by atoms with van der Waals surface area (Å²) in [6, 6.07) is 4.94. The van der Waals surface area contributed by atoms with Crippen LogP contribution in [0.3, 0.4) is 0 Å². The Morgan fingerprint density at radius 1 is 1.40 bits per heavy atom. The zero-order valence-corrected chi connectivity index (χ0v) is 11.8. The number of aliphatic hydroxyl groups is 1. The van der Waals surface area contributed by atoms with Gasteiger partial charge in [0.2, 0.25) is 0 Å². The first-order valence-corrected chi connectivity index (χ1v) is 6.91. The Balaban J connectivity index is 1.87. The van der Waals surface area contributed by atoms with Gasteiger partial charge in [0.1, 0.15) is 0 Å². The number of halogens is 1. The molecule has 5 heteroatoms. The van der Waals surface area contributed by atoms with E-state index in [2.05, 4.69) is 5.32 Å². The topological polar surface area (TPSA) is 50.7 Å².